The SMILES string of the molecule is CC1CC(O)c2cc(F)ccc2O1. The zero-order valence-corrected chi connectivity index (χ0v) is 7.33. The van der Waals surface area contributed by atoms with Gasteiger partial charge in [-0.15, -0.1) is 0 Å². The van der Waals surface area contributed by atoms with Crippen LogP contribution in [0.5, 0.6) is 5.75 Å². The van der Waals surface area contributed by atoms with Crippen molar-refractivity contribution in [2.75, 3.05) is 0 Å². The van der Waals surface area contributed by atoms with Crippen molar-refractivity contribution in [2.45, 2.75) is 25.6 Å². The van der Waals surface area contributed by atoms with E-state index in [2.05, 4.69) is 0 Å². The summed E-state index contributed by atoms with van der Waals surface area (Å²) in [4.78, 5) is 0. The van der Waals surface area contributed by atoms with Gasteiger partial charge in [-0.05, 0) is 25.1 Å². The normalized spacial score (nSPS) is 26.4. The van der Waals surface area contributed by atoms with Gasteiger partial charge >= 0.3 is 0 Å². The van der Waals surface area contributed by atoms with Gasteiger partial charge in [0.1, 0.15) is 11.6 Å². The maximum absolute atomic E-state index is 12.8. The fourth-order valence-corrected chi connectivity index (χ4v) is 1.59. The van der Waals surface area contributed by atoms with Crippen LogP contribution in [-0.4, -0.2) is 11.2 Å². The standard InChI is InChI=1S/C10H11FO2/c1-6-4-9(12)8-5-7(11)2-3-10(8)13-6/h2-3,5-6,9,12H,4H2,1H3. The second kappa shape index (κ2) is 3.00. The minimum atomic E-state index is -0.602. The van der Waals surface area contributed by atoms with Gasteiger partial charge < -0.3 is 9.84 Å². The van der Waals surface area contributed by atoms with Gasteiger partial charge in [0.25, 0.3) is 0 Å². The molecule has 0 aliphatic carbocycles. The smallest absolute Gasteiger partial charge is 0.125 e. The van der Waals surface area contributed by atoms with Crippen LogP contribution >= 0.6 is 0 Å². The first-order valence-electron chi connectivity index (χ1n) is 4.31. The van der Waals surface area contributed by atoms with Crippen LogP contribution in [-0.2, 0) is 0 Å². The predicted octanol–water partition coefficient (Wildman–Crippen LogP) is 2.03. The van der Waals surface area contributed by atoms with Crippen molar-refractivity contribution in [3.05, 3.63) is 29.6 Å². The first-order valence-corrected chi connectivity index (χ1v) is 4.31. The molecule has 1 aromatic carbocycles. The number of rotatable bonds is 0. The van der Waals surface area contributed by atoms with Crippen LogP contribution in [0.15, 0.2) is 18.2 Å². The minimum Gasteiger partial charge on any atom is -0.490 e. The van der Waals surface area contributed by atoms with Gasteiger partial charge in [0.15, 0.2) is 0 Å². The Morgan fingerprint density at radius 2 is 2.31 bits per heavy atom. The molecule has 3 heteroatoms. The van der Waals surface area contributed by atoms with E-state index in [9.17, 15) is 9.50 Å². The van der Waals surface area contributed by atoms with Crippen molar-refractivity contribution >= 4 is 0 Å². The molecule has 0 fully saturated rings. The quantitative estimate of drug-likeness (QED) is 0.665. The lowest BCUT2D eigenvalue weighted by molar-refractivity contribution is 0.0745. The Kier molecular flexibility index (Phi) is 1.96. The molecule has 70 valence electrons. The van der Waals surface area contributed by atoms with Crippen LogP contribution in [0.25, 0.3) is 0 Å². The van der Waals surface area contributed by atoms with Gasteiger partial charge in [0, 0.05) is 12.0 Å². The summed E-state index contributed by atoms with van der Waals surface area (Å²) in [5, 5.41) is 9.61. The van der Waals surface area contributed by atoms with Crippen LogP contribution < -0.4 is 4.74 Å². The van der Waals surface area contributed by atoms with Crippen molar-refractivity contribution in [1.82, 2.24) is 0 Å². The summed E-state index contributed by atoms with van der Waals surface area (Å²) < 4.78 is 18.2. The van der Waals surface area contributed by atoms with Crippen LogP contribution in [0.3, 0.4) is 0 Å². The van der Waals surface area contributed by atoms with Gasteiger partial charge in [-0.25, -0.2) is 4.39 Å². The number of benzene rings is 1. The molecular weight excluding hydrogens is 171 g/mol. The van der Waals surface area contributed by atoms with E-state index in [1.54, 1.807) is 6.07 Å². The van der Waals surface area contributed by atoms with E-state index in [0.717, 1.165) is 0 Å². The van der Waals surface area contributed by atoms with Gasteiger partial charge in [0.2, 0.25) is 0 Å². The first kappa shape index (κ1) is 8.51. The fourth-order valence-electron chi connectivity index (χ4n) is 1.59. The number of aliphatic hydroxyl groups excluding tert-OH is 1. The Balaban J connectivity index is 2.43. The van der Waals surface area contributed by atoms with Gasteiger partial charge in [-0.2, -0.15) is 0 Å². The molecule has 0 amide bonds. The lowest BCUT2D eigenvalue weighted by Crippen LogP contribution is -2.22. The Hall–Kier alpha value is -1.09. The summed E-state index contributed by atoms with van der Waals surface area (Å²) in [6.45, 7) is 1.88. The second-order valence-electron chi connectivity index (χ2n) is 3.36. The number of fused-ring (bicyclic) bond motifs is 1. The highest BCUT2D eigenvalue weighted by Gasteiger charge is 2.24. The second-order valence-corrected chi connectivity index (χ2v) is 3.36. The third-order valence-electron chi connectivity index (χ3n) is 2.21. The van der Waals surface area contributed by atoms with Crippen LogP contribution in [0, 0.1) is 5.82 Å². The summed E-state index contributed by atoms with van der Waals surface area (Å²) in [6.07, 6.45) is -0.0846. The molecule has 1 aliphatic heterocycles. The summed E-state index contributed by atoms with van der Waals surface area (Å²) in [5.41, 5.74) is 0.554. The maximum Gasteiger partial charge on any atom is 0.125 e. The van der Waals surface area contributed by atoms with E-state index >= 15 is 0 Å². The number of hydrogen-bond acceptors (Lipinski definition) is 2. The Bertz CT molecular complexity index is 325. The molecule has 1 heterocycles. The molecule has 2 rings (SSSR count). The monoisotopic (exact) mass is 182 g/mol. The van der Waals surface area contributed by atoms with E-state index in [1.807, 2.05) is 6.92 Å². The van der Waals surface area contributed by atoms with Crippen molar-refractivity contribution in [1.29, 1.82) is 0 Å². The van der Waals surface area contributed by atoms with Gasteiger partial charge in [-0.3, -0.25) is 0 Å². The summed E-state index contributed by atoms with van der Waals surface area (Å²) >= 11 is 0. The molecule has 2 atom stereocenters. The number of ether oxygens (including phenoxy) is 1. The molecule has 0 saturated heterocycles. The van der Waals surface area contributed by atoms with E-state index in [0.29, 0.717) is 17.7 Å². The van der Waals surface area contributed by atoms with Crippen molar-refractivity contribution in [2.24, 2.45) is 0 Å². The van der Waals surface area contributed by atoms with Crippen molar-refractivity contribution < 1.29 is 14.2 Å². The average Bonchev–Trinajstić information content (AvgIpc) is 2.06. The molecule has 1 aliphatic rings. The van der Waals surface area contributed by atoms with E-state index in [1.165, 1.54) is 12.1 Å². The van der Waals surface area contributed by atoms with E-state index in [4.69, 9.17) is 4.74 Å². The predicted molar refractivity (Wildman–Crippen MR) is 46.1 cm³/mol. The third-order valence-corrected chi connectivity index (χ3v) is 2.21. The Labute approximate surface area is 76.0 Å². The number of hydrogen-bond donors (Lipinski definition) is 1. The highest BCUT2D eigenvalue weighted by molar-refractivity contribution is 5.37. The molecule has 0 aromatic heterocycles. The van der Waals surface area contributed by atoms with Crippen LogP contribution in [0.1, 0.15) is 25.0 Å². The van der Waals surface area contributed by atoms with Crippen molar-refractivity contribution in [3.63, 3.8) is 0 Å². The molecule has 0 saturated carbocycles. The van der Waals surface area contributed by atoms with E-state index in [-0.39, 0.29) is 11.9 Å². The highest BCUT2D eigenvalue weighted by atomic mass is 19.1. The number of aliphatic hydroxyl groups is 1. The van der Waals surface area contributed by atoms with Crippen molar-refractivity contribution in [3.8, 4) is 5.75 Å². The summed E-state index contributed by atoms with van der Waals surface area (Å²) in [6, 6.07) is 4.22. The first-order chi connectivity index (χ1) is 6.16. The molecule has 2 unspecified atom stereocenters. The molecule has 0 bridgehead atoms. The fraction of sp³-hybridized carbons (Fsp3) is 0.400. The average molecular weight is 182 g/mol. The lowest BCUT2D eigenvalue weighted by atomic mass is 10.00. The Morgan fingerprint density at radius 3 is 3.08 bits per heavy atom. The van der Waals surface area contributed by atoms with Gasteiger partial charge in [0.05, 0.1) is 12.2 Å². The highest BCUT2D eigenvalue weighted by Crippen LogP contribution is 2.34. The number of halogens is 1. The molecule has 1 aromatic rings. The molecule has 2 nitrogen and oxygen atoms in total. The molecule has 0 spiro atoms. The minimum absolute atomic E-state index is 0.00652. The molecule has 1 N–H and O–H groups in total. The molecular formula is C10H11FO2. The molecule has 0 radical (unpaired) electrons. The lowest BCUT2D eigenvalue weighted by Gasteiger charge is -2.27. The van der Waals surface area contributed by atoms with Crippen LogP contribution in [0.4, 0.5) is 4.39 Å². The Morgan fingerprint density at radius 1 is 1.54 bits per heavy atom. The van der Waals surface area contributed by atoms with Gasteiger partial charge in [-0.1, -0.05) is 0 Å². The largest absolute Gasteiger partial charge is 0.490 e. The van der Waals surface area contributed by atoms with E-state index < -0.39 is 6.10 Å². The zero-order chi connectivity index (χ0) is 9.42. The van der Waals surface area contributed by atoms with Crippen LogP contribution in [0.2, 0.25) is 0 Å². The zero-order valence-electron chi connectivity index (χ0n) is 7.33. The maximum atomic E-state index is 12.8. The summed E-state index contributed by atoms with van der Waals surface area (Å²) in [7, 11) is 0. The topological polar surface area (TPSA) is 29.5 Å². The third kappa shape index (κ3) is 1.52. The molecule has 13 heavy (non-hydrogen) atoms. The summed E-state index contributed by atoms with van der Waals surface area (Å²) in [5.74, 6) is 0.253.